The molecular formula is C36H58O11. The second-order valence-electron chi connectivity index (χ2n) is 17.5. The molecule has 0 aromatic carbocycles. The lowest BCUT2D eigenvalue weighted by Crippen LogP contribution is -2.69. The largest absolute Gasteiger partial charge is 0.432 e. The van der Waals surface area contributed by atoms with E-state index in [9.17, 15) is 45.6 Å². The Morgan fingerprint density at radius 1 is 0.915 bits per heavy atom. The molecular weight excluding hydrogens is 608 g/mol. The summed E-state index contributed by atoms with van der Waals surface area (Å²) in [7, 11) is 0. The third kappa shape index (κ3) is 4.60. The fourth-order valence-electron chi connectivity index (χ4n) is 12.4. The van der Waals surface area contributed by atoms with Crippen LogP contribution in [0.15, 0.2) is 11.6 Å². The summed E-state index contributed by atoms with van der Waals surface area (Å²) in [6.07, 6.45) is -2.75. The molecule has 0 bridgehead atoms. The summed E-state index contributed by atoms with van der Waals surface area (Å²) in [6, 6.07) is 0. The van der Waals surface area contributed by atoms with Gasteiger partial charge in [-0.1, -0.05) is 46.3 Å². The van der Waals surface area contributed by atoms with Crippen LogP contribution < -0.4 is 0 Å². The number of esters is 1. The SMILES string of the molecule is C[C@@H]1CC[C@]2(C(=O)O[C@@H]3O[C@H](CO)[C@@H](O)[C@H](O)[C@H]3O)CC[C@]3(C)C(=CC[C@@H]4[C@@]5(C)C[C@@H](O)[C@@H](O)[C@@](C)(CO)[C@@H]5CC[C@]43C)[C@H]2[C@]1(C)O. The second-order valence-corrected chi connectivity index (χ2v) is 17.5. The summed E-state index contributed by atoms with van der Waals surface area (Å²) in [4.78, 5) is 14.5. The summed E-state index contributed by atoms with van der Waals surface area (Å²) in [6.45, 7) is 11.6. The van der Waals surface area contributed by atoms with Crippen LogP contribution in [0.1, 0.15) is 92.9 Å². The Morgan fingerprint density at radius 3 is 2.23 bits per heavy atom. The van der Waals surface area contributed by atoms with Crippen molar-refractivity contribution >= 4 is 5.97 Å². The lowest BCUT2D eigenvalue weighted by Gasteiger charge is -2.72. The molecule has 4 saturated carbocycles. The Kier molecular flexibility index (Phi) is 8.68. The van der Waals surface area contributed by atoms with Crippen molar-refractivity contribution in [3.8, 4) is 0 Å². The number of hydrogen-bond acceptors (Lipinski definition) is 11. The number of hydrogen-bond donors (Lipinski definition) is 8. The molecule has 1 aliphatic heterocycles. The van der Waals surface area contributed by atoms with Crippen LogP contribution in [0.3, 0.4) is 0 Å². The zero-order valence-corrected chi connectivity index (χ0v) is 28.8. The number of carbonyl (C=O) groups is 1. The van der Waals surface area contributed by atoms with Gasteiger partial charge in [-0.15, -0.1) is 0 Å². The number of aliphatic hydroxyl groups is 8. The van der Waals surface area contributed by atoms with Gasteiger partial charge in [0.2, 0.25) is 6.29 Å². The molecule has 0 unspecified atom stereocenters. The van der Waals surface area contributed by atoms with Gasteiger partial charge in [-0.2, -0.15) is 0 Å². The normalized spacial score (nSPS) is 57.5. The highest BCUT2D eigenvalue weighted by Gasteiger charge is 2.72. The number of aliphatic hydroxyl groups excluding tert-OH is 7. The smallest absolute Gasteiger partial charge is 0.315 e. The Hall–Kier alpha value is -1.15. The molecule has 6 rings (SSSR count). The summed E-state index contributed by atoms with van der Waals surface area (Å²) in [5, 5.41) is 86.2. The number of carbonyl (C=O) groups excluding carboxylic acids is 1. The van der Waals surface area contributed by atoms with Gasteiger partial charge in [0, 0.05) is 11.3 Å². The fourth-order valence-corrected chi connectivity index (χ4v) is 12.4. The molecule has 1 heterocycles. The molecule has 5 aliphatic carbocycles. The van der Waals surface area contributed by atoms with Gasteiger partial charge in [-0.3, -0.25) is 4.79 Å². The predicted molar refractivity (Wildman–Crippen MR) is 169 cm³/mol. The third-order valence-corrected chi connectivity index (χ3v) is 15.6. The fraction of sp³-hybridized carbons (Fsp3) is 0.917. The number of rotatable bonds is 4. The van der Waals surface area contributed by atoms with Gasteiger partial charge in [-0.05, 0) is 92.3 Å². The lowest BCUT2D eigenvalue weighted by molar-refractivity contribution is -0.299. The molecule has 0 amide bonds. The number of ether oxygens (including phenoxy) is 2. The first kappa shape index (κ1) is 35.7. The van der Waals surface area contributed by atoms with Crippen LogP contribution in [0.25, 0.3) is 0 Å². The Balaban J connectivity index is 1.40. The minimum Gasteiger partial charge on any atom is -0.432 e. The highest BCUT2D eigenvalue weighted by atomic mass is 16.7. The van der Waals surface area contributed by atoms with E-state index < -0.39 is 83.3 Å². The zero-order valence-electron chi connectivity index (χ0n) is 28.8. The highest BCUT2D eigenvalue weighted by molar-refractivity contribution is 5.79. The molecule has 0 radical (unpaired) electrons. The predicted octanol–water partition coefficient (Wildman–Crippen LogP) is 1.41. The number of allylic oxidation sites excluding steroid dienone is 1. The van der Waals surface area contributed by atoms with E-state index in [0.29, 0.717) is 38.5 Å². The Morgan fingerprint density at radius 2 is 1.60 bits per heavy atom. The highest BCUT2D eigenvalue weighted by Crippen LogP contribution is 2.76. The van der Waals surface area contributed by atoms with Gasteiger partial charge in [0.1, 0.15) is 24.4 Å². The van der Waals surface area contributed by atoms with Gasteiger partial charge in [0.15, 0.2) is 0 Å². The molecule has 0 spiro atoms. The van der Waals surface area contributed by atoms with Crippen LogP contribution in [0.2, 0.25) is 0 Å². The topological polar surface area (TPSA) is 197 Å². The summed E-state index contributed by atoms with van der Waals surface area (Å²) in [5.41, 5.74) is -3.27. The molecule has 0 aromatic heterocycles. The molecule has 1 saturated heterocycles. The first-order valence-corrected chi connectivity index (χ1v) is 17.7. The minimum absolute atomic E-state index is 0.00373. The third-order valence-electron chi connectivity index (χ3n) is 15.6. The van der Waals surface area contributed by atoms with Crippen molar-refractivity contribution in [2.24, 2.45) is 50.7 Å². The van der Waals surface area contributed by atoms with Crippen molar-refractivity contribution in [2.45, 2.75) is 141 Å². The van der Waals surface area contributed by atoms with Gasteiger partial charge in [-0.25, -0.2) is 0 Å². The molecule has 47 heavy (non-hydrogen) atoms. The Labute approximate surface area is 278 Å². The molecule has 268 valence electrons. The first-order chi connectivity index (χ1) is 21.8. The van der Waals surface area contributed by atoms with Crippen molar-refractivity contribution in [2.75, 3.05) is 13.2 Å². The van der Waals surface area contributed by atoms with Crippen LogP contribution >= 0.6 is 0 Å². The summed E-state index contributed by atoms with van der Waals surface area (Å²) >= 11 is 0. The van der Waals surface area contributed by atoms with Gasteiger partial charge in [0.05, 0.1) is 36.4 Å². The molecule has 6 aliphatic rings. The lowest BCUT2D eigenvalue weighted by atomic mass is 9.33. The average Bonchev–Trinajstić information content (AvgIpc) is 3.02. The van der Waals surface area contributed by atoms with Gasteiger partial charge < -0.3 is 50.3 Å². The van der Waals surface area contributed by atoms with E-state index in [1.807, 2.05) is 20.8 Å². The van der Waals surface area contributed by atoms with Crippen LogP contribution in [-0.2, 0) is 14.3 Å². The second kappa shape index (κ2) is 11.4. The van der Waals surface area contributed by atoms with Crippen molar-refractivity contribution in [1.29, 1.82) is 0 Å². The Bertz CT molecular complexity index is 1270. The van der Waals surface area contributed by atoms with Crippen LogP contribution in [-0.4, -0.2) is 109 Å². The minimum atomic E-state index is -1.72. The van der Waals surface area contributed by atoms with E-state index >= 15 is 0 Å². The monoisotopic (exact) mass is 666 g/mol. The van der Waals surface area contributed by atoms with E-state index in [1.54, 1.807) is 0 Å². The molecule has 11 heteroatoms. The maximum absolute atomic E-state index is 14.5. The first-order valence-electron chi connectivity index (χ1n) is 17.7. The molecule has 5 fully saturated rings. The van der Waals surface area contributed by atoms with E-state index in [2.05, 4.69) is 26.8 Å². The standard InChI is InChI=1S/C36H58O11/c1-18-9-12-36(30(44)47-29-26(42)25(41)24(40)21(16-37)46-29)14-13-33(4)19(27(36)35(18,6)45)7-8-23-31(2)15-20(39)28(43)32(3,17-38)22(31)10-11-34(23,33)5/h7,18,20-29,37-43,45H,8-17H2,1-6H3/t18-,20-,21-,22-,23-,24-,25+,26-,27+,28-,29+,31+,32+,33-,34-,35-,36+/m1/s1. The van der Waals surface area contributed by atoms with Crippen LogP contribution in [0.4, 0.5) is 0 Å². The quantitative estimate of drug-likeness (QED) is 0.160. The zero-order chi connectivity index (χ0) is 34.7. The number of fused-ring (bicyclic) bond motifs is 7. The van der Waals surface area contributed by atoms with Crippen molar-refractivity contribution in [1.82, 2.24) is 0 Å². The van der Waals surface area contributed by atoms with Crippen LogP contribution in [0, 0.1) is 50.7 Å². The average molecular weight is 667 g/mol. The van der Waals surface area contributed by atoms with E-state index in [-0.39, 0.29) is 35.2 Å². The maximum atomic E-state index is 14.5. The van der Waals surface area contributed by atoms with E-state index in [0.717, 1.165) is 18.4 Å². The molecule has 8 N–H and O–H groups in total. The van der Waals surface area contributed by atoms with Crippen molar-refractivity contribution in [3.63, 3.8) is 0 Å². The summed E-state index contributed by atoms with van der Waals surface area (Å²) in [5.74, 6) is -1.23. The molecule has 0 aromatic rings. The van der Waals surface area contributed by atoms with Crippen LogP contribution in [0.5, 0.6) is 0 Å². The van der Waals surface area contributed by atoms with Crippen molar-refractivity contribution in [3.05, 3.63) is 11.6 Å². The van der Waals surface area contributed by atoms with Gasteiger partial charge in [0.25, 0.3) is 0 Å². The summed E-state index contributed by atoms with van der Waals surface area (Å²) < 4.78 is 11.4. The van der Waals surface area contributed by atoms with Gasteiger partial charge >= 0.3 is 5.97 Å². The molecule has 17 atom stereocenters. The maximum Gasteiger partial charge on any atom is 0.315 e. The van der Waals surface area contributed by atoms with Crippen molar-refractivity contribution < 1.29 is 55.1 Å². The molecule has 11 nitrogen and oxygen atoms in total. The van der Waals surface area contributed by atoms with E-state index in [4.69, 9.17) is 9.47 Å². The van der Waals surface area contributed by atoms with E-state index in [1.165, 1.54) is 0 Å².